The lowest BCUT2D eigenvalue weighted by Gasteiger charge is -2.38. The Balaban J connectivity index is 1.13. The summed E-state index contributed by atoms with van der Waals surface area (Å²) in [7, 11) is -6.11. The van der Waals surface area contributed by atoms with E-state index >= 15 is 0 Å². The first kappa shape index (κ1) is 30.6. The van der Waals surface area contributed by atoms with Crippen molar-refractivity contribution in [1.29, 1.82) is 0 Å². The number of aromatic hydroxyl groups is 1. The number of rotatable bonds is 10. The van der Waals surface area contributed by atoms with Crippen molar-refractivity contribution in [2.45, 2.75) is 53.7 Å². The highest BCUT2D eigenvalue weighted by Gasteiger charge is 2.45. The average molecular weight is 621 g/mol. The van der Waals surface area contributed by atoms with Crippen LogP contribution in [0.4, 0.5) is 0 Å². The number of ether oxygens (including phenoxy) is 2. The molecule has 0 amide bonds. The highest BCUT2D eigenvalue weighted by molar-refractivity contribution is 7.89. The lowest BCUT2D eigenvalue weighted by atomic mass is 9.88. The van der Waals surface area contributed by atoms with Gasteiger partial charge in [-0.3, -0.25) is 4.98 Å². The van der Waals surface area contributed by atoms with Crippen molar-refractivity contribution in [1.82, 2.24) is 19.3 Å². The van der Waals surface area contributed by atoms with E-state index < -0.39 is 31.8 Å². The molecule has 228 valence electrons. The molecule has 0 saturated carbocycles. The molecule has 2 aromatic carbocycles. The van der Waals surface area contributed by atoms with Crippen LogP contribution in [0.25, 0.3) is 10.9 Å². The number of nitrogens with one attached hydrogen (secondary N) is 2. The minimum atomic E-state index is -3.85. The molecule has 1 unspecified atom stereocenters. The second-order valence-corrected chi connectivity index (χ2v) is 14.6. The lowest BCUT2D eigenvalue weighted by molar-refractivity contribution is -0.0312. The van der Waals surface area contributed by atoms with Gasteiger partial charge in [0.1, 0.15) is 29.1 Å². The first-order chi connectivity index (χ1) is 19.9. The average Bonchev–Trinajstić information content (AvgIpc) is 3.37. The summed E-state index contributed by atoms with van der Waals surface area (Å²) in [5, 5.41) is 24.4. The maximum atomic E-state index is 13.6. The smallest absolute Gasteiger partial charge is 0.245 e. The number of hydrogen-bond acceptors (Lipinski definition) is 10. The van der Waals surface area contributed by atoms with Crippen LogP contribution in [0.15, 0.2) is 58.5 Å². The van der Waals surface area contributed by atoms with Gasteiger partial charge in [-0.2, -0.15) is 4.31 Å². The second kappa shape index (κ2) is 12.0. The first-order valence-corrected chi connectivity index (χ1v) is 16.7. The van der Waals surface area contributed by atoms with Gasteiger partial charge in [-0.15, -0.1) is 0 Å². The van der Waals surface area contributed by atoms with Crippen LogP contribution in [0.3, 0.4) is 0 Å². The molecule has 12 nitrogen and oxygen atoms in total. The topological polar surface area (TPSA) is 167 Å². The molecule has 1 spiro atoms. The van der Waals surface area contributed by atoms with E-state index in [4.69, 9.17) is 9.47 Å². The van der Waals surface area contributed by atoms with Gasteiger partial charge in [-0.25, -0.2) is 21.6 Å². The van der Waals surface area contributed by atoms with Gasteiger partial charge in [0, 0.05) is 43.3 Å². The third-order valence-electron chi connectivity index (χ3n) is 7.86. The number of aromatic nitrogens is 1. The van der Waals surface area contributed by atoms with Gasteiger partial charge >= 0.3 is 0 Å². The van der Waals surface area contributed by atoms with Gasteiger partial charge in [0.2, 0.25) is 20.0 Å². The van der Waals surface area contributed by atoms with Gasteiger partial charge in [-0.05, 0) is 69.1 Å². The van der Waals surface area contributed by atoms with E-state index in [1.807, 2.05) is 0 Å². The third-order valence-corrected chi connectivity index (χ3v) is 11.2. The number of aliphatic hydroxyl groups is 1. The lowest BCUT2D eigenvalue weighted by Crippen LogP contribution is -2.47. The number of nitrogens with zero attached hydrogens (tertiary/aromatic N) is 2. The summed E-state index contributed by atoms with van der Waals surface area (Å²) in [6.45, 7) is 3.04. The molecule has 3 heterocycles. The van der Waals surface area contributed by atoms with Gasteiger partial charge in [0.25, 0.3) is 0 Å². The van der Waals surface area contributed by atoms with Crippen LogP contribution < -0.4 is 14.8 Å². The van der Waals surface area contributed by atoms with Gasteiger partial charge in [0.05, 0.1) is 22.6 Å². The summed E-state index contributed by atoms with van der Waals surface area (Å²) >= 11 is 0. The molecule has 0 bridgehead atoms. The molecule has 42 heavy (non-hydrogen) atoms. The number of piperidine rings is 1. The molecule has 0 aliphatic carbocycles. The Kier molecular flexibility index (Phi) is 8.77. The van der Waals surface area contributed by atoms with Crippen LogP contribution in [0, 0.1) is 6.92 Å². The fraction of sp³-hybridized carbons (Fsp3) is 0.464. The minimum Gasteiger partial charge on any atom is -0.507 e. The number of pyridine rings is 1. The molecule has 2 fully saturated rings. The highest BCUT2D eigenvalue weighted by atomic mass is 32.2. The van der Waals surface area contributed by atoms with Crippen LogP contribution in [0.5, 0.6) is 11.5 Å². The summed E-state index contributed by atoms with van der Waals surface area (Å²) in [5.41, 5.74) is 0.518. The SMILES string of the molecule is CNS(=O)(=O)c1cccc(OCC(O)CN[C@H]2COC3(CCN(S(=O)(=O)c4cc(C)cc5c(O)ccnc45)CC3)C2)c1. The van der Waals surface area contributed by atoms with E-state index in [1.165, 1.54) is 35.7 Å². The summed E-state index contributed by atoms with van der Waals surface area (Å²) in [6, 6.07) is 10.8. The van der Waals surface area contributed by atoms with E-state index in [1.54, 1.807) is 31.2 Å². The summed E-state index contributed by atoms with van der Waals surface area (Å²) in [5.74, 6) is 0.322. The van der Waals surface area contributed by atoms with Crippen molar-refractivity contribution in [2.24, 2.45) is 0 Å². The van der Waals surface area contributed by atoms with E-state index in [-0.39, 0.29) is 40.3 Å². The summed E-state index contributed by atoms with van der Waals surface area (Å²) in [6.07, 6.45) is 2.31. The van der Waals surface area contributed by atoms with Crippen molar-refractivity contribution in [2.75, 3.05) is 39.9 Å². The zero-order chi connectivity index (χ0) is 30.1. The molecule has 2 atom stereocenters. The van der Waals surface area contributed by atoms with Crippen LogP contribution in [0.2, 0.25) is 0 Å². The van der Waals surface area contributed by atoms with E-state index in [0.717, 1.165) is 0 Å². The molecule has 0 radical (unpaired) electrons. The Morgan fingerprint density at radius 2 is 1.93 bits per heavy atom. The molecule has 14 heteroatoms. The standard InChI is InChI=1S/C28H36N4O8S2/c1-19-12-24-25(34)6-9-30-27(24)26(13-19)42(37,38)32-10-7-28(8-11-32)15-20(17-40-28)31-16-21(33)18-39-22-4-3-5-23(14-22)41(35,36)29-2/h3-6,9,12-14,20-21,29,31,33H,7-8,10-11,15-18H2,1-2H3,(H,30,34)/t20-,21?/m1/s1. The fourth-order valence-corrected chi connectivity index (χ4v) is 7.99. The predicted molar refractivity (Wildman–Crippen MR) is 155 cm³/mol. The summed E-state index contributed by atoms with van der Waals surface area (Å²) < 4.78 is 66.7. The van der Waals surface area contributed by atoms with Crippen LogP contribution in [-0.2, 0) is 24.8 Å². The molecule has 2 aliphatic rings. The Morgan fingerprint density at radius 1 is 1.17 bits per heavy atom. The quantitative estimate of drug-likeness (QED) is 0.261. The number of fused-ring (bicyclic) bond motifs is 1. The number of benzene rings is 2. The third kappa shape index (κ3) is 6.39. The number of hydrogen-bond donors (Lipinski definition) is 4. The first-order valence-electron chi connectivity index (χ1n) is 13.7. The molecule has 3 aromatic rings. The van der Waals surface area contributed by atoms with Crippen LogP contribution >= 0.6 is 0 Å². The molecular weight excluding hydrogens is 584 g/mol. The fourth-order valence-electron chi connectivity index (χ4n) is 5.54. The van der Waals surface area contributed by atoms with Gasteiger partial charge in [0.15, 0.2) is 0 Å². The summed E-state index contributed by atoms with van der Waals surface area (Å²) in [4.78, 5) is 4.41. The normalized spacial score (nSPS) is 20.2. The molecular formula is C28H36N4O8S2. The Morgan fingerprint density at radius 3 is 2.67 bits per heavy atom. The van der Waals surface area contributed by atoms with Gasteiger partial charge < -0.3 is 25.0 Å². The number of sulfonamides is 2. The molecule has 5 rings (SSSR count). The van der Waals surface area contributed by atoms with E-state index in [2.05, 4.69) is 15.0 Å². The maximum absolute atomic E-state index is 13.6. The van der Waals surface area contributed by atoms with Crippen molar-refractivity contribution in [3.8, 4) is 11.5 Å². The molecule has 2 aliphatic heterocycles. The van der Waals surface area contributed by atoms with Crippen molar-refractivity contribution < 1.29 is 36.5 Å². The van der Waals surface area contributed by atoms with Gasteiger partial charge in [-0.1, -0.05) is 6.07 Å². The Hall–Kier alpha value is -2.85. The molecule has 2 saturated heterocycles. The molecule has 4 N–H and O–H groups in total. The zero-order valence-electron chi connectivity index (χ0n) is 23.5. The largest absolute Gasteiger partial charge is 0.507 e. The monoisotopic (exact) mass is 620 g/mol. The van der Waals surface area contributed by atoms with Crippen molar-refractivity contribution in [3.63, 3.8) is 0 Å². The van der Waals surface area contributed by atoms with E-state index in [0.29, 0.717) is 55.7 Å². The van der Waals surface area contributed by atoms with Crippen molar-refractivity contribution >= 4 is 30.9 Å². The maximum Gasteiger partial charge on any atom is 0.245 e. The number of aliphatic hydroxyl groups excluding tert-OH is 1. The van der Waals surface area contributed by atoms with Crippen molar-refractivity contribution in [3.05, 3.63) is 54.2 Å². The number of aryl methyl sites for hydroxylation is 1. The van der Waals surface area contributed by atoms with E-state index in [9.17, 15) is 27.0 Å². The Bertz CT molecular complexity index is 1660. The second-order valence-electron chi connectivity index (χ2n) is 10.8. The highest BCUT2D eigenvalue weighted by Crippen LogP contribution is 2.38. The predicted octanol–water partition coefficient (Wildman–Crippen LogP) is 1.50. The Labute approximate surface area is 245 Å². The minimum absolute atomic E-state index is 0.0125. The van der Waals surface area contributed by atoms with Crippen LogP contribution in [-0.4, -0.2) is 94.0 Å². The zero-order valence-corrected chi connectivity index (χ0v) is 25.1. The molecule has 1 aromatic heterocycles. The van der Waals surface area contributed by atoms with Crippen LogP contribution in [0.1, 0.15) is 24.8 Å².